The number of hydrogen-bond acceptors (Lipinski definition) is 6. The first-order valence-electron chi connectivity index (χ1n) is 9.21. The highest BCUT2D eigenvalue weighted by atomic mass is 32.2. The molecule has 0 bridgehead atoms. The summed E-state index contributed by atoms with van der Waals surface area (Å²) in [6.45, 7) is 2.18. The van der Waals surface area contributed by atoms with Gasteiger partial charge in [-0.05, 0) is 43.3 Å². The van der Waals surface area contributed by atoms with E-state index in [0.717, 1.165) is 31.0 Å². The van der Waals surface area contributed by atoms with Crippen LogP contribution < -0.4 is 16.2 Å². The van der Waals surface area contributed by atoms with Crippen LogP contribution in [0.5, 0.6) is 0 Å². The van der Waals surface area contributed by atoms with Gasteiger partial charge in [-0.1, -0.05) is 0 Å². The minimum Gasteiger partial charge on any atom is -0.379 e. The number of carbonyl (C=O) groups excluding carboxylic acids is 1. The molecule has 12 heteroatoms. The number of morpholine rings is 1. The van der Waals surface area contributed by atoms with Gasteiger partial charge in [0.1, 0.15) is 5.82 Å². The molecular weight excluding hydrogens is 423 g/mol. The van der Waals surface area contributed by atoms with Gasteiger partial charge in [-0.2, -0.15) is 4.31 Å². The molecule has 1 aromatic rings. The van der Waals surface area contributed by atoms with Crippen molar-refractivity contribution in [3.8, 4) is 0 Å². The Bertz CT molecular complexity index is 855. The Kier molecular flexibility index (Phi) is 7.35. The molecule has 1 aromatic carbocycles. The van der Waals surface area contributed by atoms with Gasteiger partial charge in [0.15, 0.2) is 5.11 Å². The Morgan fingerprint density at radius 1 is 1.24 bits per heavy atom. The topological polar surface area (TPSA) is 109 Å². The van der Waals surface area contributed by atoms with E-state index < -0.39 is 27.3 Å². The van der Waals surface area contributed by atoms with Crippen molar-refractivity contribution >= 4 is 33.3 Å². The maximum atomic E-state index is 14.1. The number of nitrogens with one attached hydrogen (secondary N) is 3. The molecule has 1 amide bonds. The lowest BCUT2D eigenvalue weighted by Gasteiger charge is -2.26. The molecule has 9 nitrogen and oxygen atoms in total. The molecule has 2 aliphatic heterocycles. The lowest BCUT2D eigenvalue weighted by atomic mass is 10.2. The third-order valence-corrected chi connectivity index (χ3v) is 6.74. The second-order valence-corrected chi connectivity index (χ2v) is 8.93. The van der Waals surface area contributed by atoms with Gasteiger partial charge in [0, 0.05) is 26.2 Å². The van der Waals surface area contributed by atoms with Crippen LogP contribution in [0, 0.1) is 5.82 Å². The van der Waals surface area contributed by atoms with Crippen LogP contribution in [0.3, 0.4) is 0 Å². The Morgan fingerprint density at radius 2 is 2.00 bits per heavy atom. The maximum absolute atomic E-state index is 14.1. The summed E-state index contributed by atoms with van der Waals surface area (Å²) in [5.41, 5.74) is 4.34. The second kappa shape index (κ2) is 9.76. The number of hydrogen-bond donors (Lipinski definition) is 3. The quantitative estimate of drug-likeness (QED) is 0.433. The molecular formula is C17H23FN4O5S2. The molecule has 0 aromatic heterocycles. The van der Waals surface area contributed by atoms with Crippen molar-refractivity contribution in [3.05, 3.63) is 29.6 Å². The second-order valence-electron chi connectivity index (χ2n) is 6.58. The van der Waals surface area contributed by atoms with Crippen LogP contribution in [0.4, 0.5) is 4.39 Å². The van der Waals surface area contributed by atoms with E-state index in [1.54, 1.807) is 0 Å². The zero-order valence-electron chi connectivity index (χ0n) is 15.6. The zero-order chi connectivity index (χ0) is 20.9. The SMILES string of the molecule is O=C(NNC(=S)NC[C@@H]1CCCO1)c1cc(S(=O)(=O)N2CCOCC2)ccc1F. The summed E-state index contributed by atoms with van der Waals surface area (Å²) in [6.07, 6.45) is 1.98. The van der Waals surface area contributed by atoms with E-state index in [2.05, 4.69) is 16.2 Å². The van der Waals surface area contributed by atoms with E-state index >= 15 is 0 Å². The average Bonchev–Trinajstić information content (AvgIpc) is 3.25. The first-order chi connectivity index (χ1) is 13.9. The number of thiocarbonyl (C=S) groups is 1. The lowest BCUT2D eigenvalue weighted by Crippen LogP contribution is -2.48. The minimum atomic E-state index is -3.85. The number of hydrazine groups is 1. The smallest absolute Gasteiger partial charge is 0.272 e. The van der Waals surface area contributed by atoms with Gasteiger partial charge in [-0.15, -0.1) is 0 Å². The van der Waals surface area contributed by atoms with Gasteiger partial charge >= 0.3 is 0 Å². The summed E-state index contributed by atoms with van der Waals surface area (Å²) in [4.78, 5) is 12.2. The first kappa shape index (κ1) is 21.8. The van der Waals surface area contributed by atoms with Crippen LogP contribution >= 0.6 is 12.2 Å². The van der Waals surface area contributed by atoms with E-state index in [-0.39, 0.29) is 42.4 Å². The molecule has 160 valence electrons. The molecule has 2 heterocycles. The number of nitrogens with zero attached hydrogens (tertiary/aromatic N) is 1. The molecule has 2 fully saturated rings. The molecule has 2 saturated heterocycles. The Hall–Kier alpha value is -1.86. The lowest BCUT2D eigenvalue weighted by molar-refractivity contribution is 0.0730. The highest BCUT2D eigenvalue weighted by molar-refractivity contribution is 7.89. The summed E-state index contributed by atoms with van der Waals surface area (Å²) in [5.74, 6) is -1.69. The first-order valence-corrected chi connectivity index (χ1v) is 11.1. The van der Waals surface area contributed by atoms with Gasteiger partial charge in [-0.3, -0.25) is 15.6 Å². The van der Waals surface area contributed by atoms with Crippen molar-refractivity contribution in [3.63, 3.8) is 0 Å². The summed E-state index contributed by atoms with van der Waals surface area (Å²) < 4.78 is 51.4. The number of benzene rings is 1. The minimum absolute atomic E-state index is 0.0602. The van der Waals surface area contributed by atoms with Crippen molar-refractivity contribution in [1.82, 2.24) is 20.5 Å². The zero-order valence-corrected chi connectivity index (χ0v) is 17.3. The summed E-state index contributed by atoms with van der Waals surface area (Å²) >= 11 is 5.06. The Balaban J connectivity index is 1.61. The van der Waals surface area contributed by atoms with Crippen LogP contribution in [-0.4, -0.2) is 69.3 Å². The molecule has 1 atom stereocenters. The standard InChI is InChI=1S/C17H23FN4O5S2/c18-15-4-3-13(29(24,25)22-5-8-26-9-6-22)10-14(15)16(23)20-21-17(28)19-11-12-2-1-7-27-12/h3-4,10,12H,1-2,5-9,11H2,(H,20,23)(H2,19,21,28)/t12-/m0/s1. The third-order valence-electron chi connectivity index (χ3n) is 4.59. The van der Waals surface area contributed by atoms with Crippen LogP contribution in [0.2, 0.25) is 0 Å². The van der Waals surface area contributed by atoms with E-state index in [1.807, 2.05) is 0 Å². The molecule has 29 heavy (non-hydrogen) atoms. The summed E-state index contributed by atoms with van der Waals surface area (Å²) in [7, 11) is -3.85. The van der Waals surface area contributed by atoms with Crippen molar-refractivity contribution in [2.75, 3.05) is 39.5 Å². The van der Waals surface area contributed by atoms with Crippen molar-refractivity contribution in [2.24, 2.45) is 0 Å². The fourth-order valence-corrected chi connectivity index (χ4v) is 4.58. The predicted octanol–water partition coefficient (Wildman–Crippen LogP) is 0.135. The van der Waals surface area contributed by atoms with Gasteiger partial charge in [0.2, 0.25) is 10.0 Å². The highest BCUT2D eigenvalue weighted by Crippen LogP contribution is 2.20. The fourth-order valence-electron chi connectivity index (χ4n) is 3.01. The molecule has 3 rings (SSSR count). The molecule has 2 aliphatic rings. The van der Waals surface area contributed by atoms with Crippen molar-refractivity contribution < 1.29 is 27.1 Å². The molecule has 0 spiro atoms. The largest absolute Gasteiger partial charge is 0.379 e. The molecule has 0 aliphatic carbocycles. The number of carbonyl (C=O) groups is 1. The van der Waals surface area contributed by atoms with Gasteiger partial charge in [0.25, 0.3) is 5.91 Å². The third kappa shape index (κ3) is 5.60. The van der Waals surface area contributed by atoms with Gasteiger partial charge in [-0.25, -0.2) is 12.8 Å². The Morgan fingerprint density at radius 3 is 2.69 bits per heavy atom. The monoisotopic (exact) mass is 446 g/mol. The fraction of sp³-hybridized carbons (Fsp3) is 0.529. The number of rotatable bonds is 5. The van der Waals surface area contributed by atoms with Gasteiger partial charge < -0.3 is 14.8 Å². The van der Waals surface area contributed by atoms with Crippen LogP contribution in [0.25, 0.3) is 0 Å². The van der Waals surface area contributed by atoms with E-state index in [9.17, 15) is 17.6 Å². The van der Waals surface area contributed by atoms with Crippen molar-refractivity contribution in [1.29, 1.82) is 0 Å². The van der Waals surface area contributed by atoms with Crippen LogP contribution in [-0.2, 0) is 19.5 Å². The van der Waals surface area contributed by atoms with Crippen LogP contribution in [0.15, 0.2) is 23.1 Å². The number of ether oxygens (including phenoxy) is 2. The predicted molar refractivity (Wildman–Crippen MR) is 106 cm³/mol. The normalized spacial score (nSPS) is 20.2. The van der Waals surface area contributed by atoms with E-state index in [1.165, 1.54) is 4.31 Å². The highest BCUT2D eigenvalue weighted by Gasteiger charge is 2.28. The van der Waals surface area contributed by atoms with E-state index in [4.69, 9.17) is 21.7 Å². The Labute approximate surface area is 173 Å². The number of sulfonamides is 1. The number of halogens is 1. The molecule has 0 unspecified atom stereocenters. The van der Waals surface area contributed by atoms with Crippen molar-refractivity contribution in [2.45, 2.75) is 23.8 Å². The maximum Gasteiger partial charge on any atom is 0.272 e. The number of amides is 1. The van der Waals surface area contributed by atoms with Gasteiger partial charge in [0.05, 0.1) is 29.8 Å². The summed E-state index contributed by atoms with van der Waals surface area (Å²) in [6, 6.07) is 3.11. The molecule has 0 saturated carbocycles. The average molecular weight is 447 g/mol. The van der Waals surface area contributed by atoms with Crippen LogP contribution in [0.1, 0.15) is 23.2 Å². The summed E-state index contributed by atoms with van der Waals surface area (Å²) in [5, 5.41) is 3.04. The molecule has 3 N–H and O–H groups in total. The molecule has 0 radical (unpaired) electrons. The van der Waals surface area contributed by atoms with E-state index in [0.29, 0.717) is 13.2 Å².